The monoisotopic (exact) mass is 415 g/mol. The van der Waals surface area contributed by atoms with Crippen LogP contribution in [0.1, 0.15) is 24.2 Å². The predicted octanol–water partition coefficient (Wildman–Crippen LogP) is 2.26. The van der Waals surface area contributed by atoms with Crippen molar-refractivity contribution in [3.8, 4) is 23.0 Å². The summed E-state index contributed by atoms with van der Waals surface area (Å²) in [5.41, 5.74) is 1.83. The Kier molecular flexibility index (Phi) is 7.62. The average Bonchev–Trinajstić information content (AvgIpc) is 3.24. The third kappa shape index (κ3) is 5.70. The van der Waals surface area contributed by atoms with Crippen molar-refractivity contribution >= 4 is 5.96 Å². The maximum absolute atomic E-state index is 10.6. The second-order valence-electron chi connectivity index (χ2n) is 6.75. The number of methoxy groups -OCH3 is 2. The summed E-state index contributed by atoms with van der Waals surface area (Å²) in [6.07, 6.45) is 0.0229. The normalized spacial score (nSPS) is 13.7. The van der Waals surface area contributed by atoms with E-state index in [1.165, 1.54) is 0 Å². The van der Waals surface area contributed by atoms with Crippen molar-refractivity contribution in [3.05, 3.63) is 47.5 Å². The molecule has 0 bridgehead atoms. The van der Waals surface area contributed by atoms with Crippen molar-refractivity contribution in [3.63, 3.8) is 0 Å². The Bertz CT molecular complexity index is 850. The molecule has 0 saturated carbocycles. The van der Waals surface area contributed by atoms with E-state index in [1.54, 1.807) is 32.4 Å². The van der Waals surface area contributed by atoms with Crippen LogP contribution >= 0.6 is 0 Å². The van der Waals surface area contributed by atoms with E-state index in [0.717, 1.165) is 30.0 Å². The Morgan fingerprint density at radius 2 is 1.80 bits per heavy atom. The number of aliphatic imine (C=N–C) groups is 1. The summed E-state index contributed by atoms with van der Waals surface area (Å²) in [7, 11) is 3.16. The maximum atomic E-state index is 10.6. The number of aliphatic hydroxyl groups excluding tert-OH is 1. The summed E-state index contributed by atoms with van der Waals surface area (Å²) >= 11 is 0. The molecule has 0 saturated heterocycles. The van der Waals surface area contributed by atoms with Gasteiger partial charge in [0.1, 0.15) is 11.5 Å². The van der Waals surface area contributed by atoms with E-state index >= 15 is 0 Å². The molecule has 1 unspecified atom stereocenters. The number of aliphatic hydroxyl groups is 1. The van der Waals surface area contributed by atoms with E-state index in [9.17, 15) is 5.11 Å². The number of guanidine groups is 1. The van der Waals surface area contributed by atoms with Crippen LogP contribution in [0.5, 0.6) is 23.0 Å². The van der Waals surface area contributed by atoms with Crippen LogP contribution in [0.3, 0.4) is 0 Å². The fourth-order valence-electron chi connectivity index (χ4n) is 3.07. The van der Waals surface area contributed by atoms with Gasteiger partial charge < -0.3 is 34.7 Å². The Morgan fingerprint density at radius 1 is 1.07 bits per heavy atom. The minimum Gasteiger partial charge on any atom is -0.497 e. The molecule has 0 aliphatic carbocycles. The molecule has 30 heavy (non-hydrogen) atoms. The number of nitrogens with zero attached hydrogens (tertiary/aromatic N) is 1. The second kappa shape index (κ2) is 10.6. The van der Waals surface area contributed by atoms with Crippen molar-refractivity contribution in [2.75, 3.05) is 40.6 Å². The lowest BCUT2D eigenvalue weighted by Gasteiger charge is -2.15. The largest absolute Gasteiger partial charge is 0.497 e. The van der Waals surface area contributed by atoms with Gasteiger partial charge in [-0.25, -0.2) is 0 Å². The number of benzene rings is 2. The van der Waals surface area contributed by atoms with Gasteiger partial charge in [0.15, 0.2) is 17.5 Å². The first kappa shape index (κ1) is 21.6. The third-order valence-corrected chi connectivity index (χ3v) is 4.67. The van der Waals surface area contributed by atoms with Gasteiger partial charge in [-0.15, -0.1) is 0 Å². The SMILES string of the molecule is CCNC(=NCC(O)c1cc(OC)cc(OC)c1)NCCc1ccc2c(c1)OCO2. The molecule has 8 nitrogen and oxygen atoms in total. The molecule has 1 atom stereocenters. The standard InChI is InChI=1S/C22H29N3O5/c1-4-23-22(24-8-7-15-5-6-20-21(9-15)30-14-29-20)25-13-19(26)16-10-17(27-2)12-18(11-16)28-3/h5-6,9-12,19,26H,4,7-8,13-14H2,1-3H3,(H2,23,24,25). The van der Waals surface area contributed by atoms with Gasteiger partial charge in [-0.05, 0) is 48.7 Å². The Hall–Kier alpha value is -3.13. The highest BCUT2D eigenvalue weighted by Crippen LogP contribution is 2.32. The highest BCUT2D eigenvalue weighted by atomic mass is 16.7. The molecule has 0 aromatic heterocycles. The fourth-order valence-corrected chi connectivity index (χ4v) is 3.07. The van der Waals surface area contributed by atoms with E-state index in [1.807, 2.05) is 25.1 Å². The predicted molar refractivity (Wildman–Crippen MR) is 115 cm³/mol. The maximum Gasteiger partial charge on any atom is 0.231 e. The fraction of sp³-hybridized carbons (Fsp3) is 0.409. The molecule has 1 aliphatic rings. The van der Waals surface area contributed by atoms with E-state index in [-0.39, 0.29) is 13.3 Å². The molecule has 0 amide bonds. The van der Waals surface area contributed by atoms with Gasteiger partial charge >= 0.3 is 0 Å². The van der Waals surface area contributed by atoms with Gasteiger partial charge in [0.2, 0.25) is 6.79 Å². The summed E-state index contributed by atoms with van der Waals surface area (Å²) in [6.45, 7) is 3.89. The molecular weight excluding hydrogens is 386 g/mol. The van der Waals surface area contributed by atoms with Crippen molar-refractivity contribution in [1.82, 2.24) is 10.6 Å². The number of fused-ring (bicyclic) bond motifs is 1. The van der Waals surface area contributed by atoms with Gasteiger partial charge in [-0.1, -0.05) is 6.07 Å². The van der Waals surface area contributed by atoms with E-state index in [4.69, 9.17) is 18.9 Å². The quantitative estimate of drug-likeness (QED) is 0.427. The van der Waals surface area contributed by atoms with Crippen molar-refractivity contribution in [1.29, 1.82) is 0 Å². The van der Waals surface area contributed by atoms with Crippen LogP contribution in [0.2, 0.25) is 0 Å². The molecule has 0 radical (unpaired) electrons. The number of rotatable bonds is 9. The zero-order chi connectivity index (χ0) is 21.3. The van der Waals surface area contributed by atoms with Gasteiger partial charge in [-0.2, -0.15) is 0 Å². The first-order chi connectivity index (χ1) is 14.6. The molecule has 2 aromatic rings. The van der Waals surface area contributed by atoms with Crippen LogP contribution in [-0.4, -0.2) is 51.7 Å². The van der Waals surface area contributed by atoms with Crippen LogP contribution in [0.15, 0.2) is 41.4 Å². The van der Waals surface area contributed by atoms with Crippen LogP contribution in [0, 0.1) is 0 Å². The lowest BCUT2D eigenvalue weighted by molar-refractivity contribution is 0.174. The van der Waals surface area contributed by atoms with E-state index in [2.05, 4.69) is 15.6 Å². The summed E-state index contributed by atoms with van der Waals surface area (Å²) in [4.78, 5) is 4.51. The van der Waals surface area contributed by atoms with Crippen molar-refractivity contribution in [2.45, 2.75) is 19.4 Å². The summed E-state index contributed by atoms with van der Waals surface area (Å²) in [5.74, 6) is 3.46. The van der Waals surface area contributed by atoms with Crippen LogP contribution in [0.25, 0.3) is 0 Å². The number of ether oxygens (including phenoxy) is 4. The van der Waals surface area contributed by atoms with Crippen LogP contribution in [0.4, 0.5) is 0 Å². The first-order valence-corrected chi connectivity index (χ1v) is 9.94. The Balaban J connectivity index is 1.57. The van der Waals surface area contributed by atoms with Crippen LogP contribution < -0.4 is 29.6 Å². The Morgan fingerprint density at radius 3 is 2.50 bits per heavy atom. The topological polar surface area (TPSA) is 93.6 Å². The lowest BCUT2D eigenvalue weighted by atomic mass is 10.1. The second-order valence-corrected chi connectivity index (χ2v) is 6.75. The summed E-state index contributed by atoms with van der Waals surface area (Å²) in [5, 5.41) is 17.1. The third-order valence-electron chi connectivity index (χ3n) is 4.67. The Labute approximate surface area is 176 Å². The molecule has 1 heterocycles. The molecule has 3 rings (SSSR count). The molecular formula is C22H29N3O5. The molecule has 0 spiro atoms. The molecule has 2 aromatic carbocycles. The average molecular weight is 415 g/mol. The molecule has 8 heteroatoms. The summed E-state index contributed by atoms with van der Waals surface area (Å²) in [6, 6.07) is 11.3. The smallest absolute Gasteiger partial charge is 0.231 e. The van der Waals surface area contributed by atoms with Crippen molar-refractivity contribution in [2.24, 2.45) is 4.99 Å². The minimum atomic E-state index is -0.779. The molecule has 1 aliphatic heterocycles. The van der Waals surface area contributed by atoms with Gasteiger partial charge in [0.25, 0.3) is 0 Å². The minimum absolute atomic E-state index is 0.204. The number of hydrogen-bond acceptors (Lipinski definition) is 6. The lowest BCUT2D eigenvalue weighted by Crippen LogP contribution is -2.38. The first-order valence-electron chi connectivity index (χ1n) is 9.94. The van der Waals surface area contributed by atoms with Gasteiger partial charge in [-0.3, -0.25) is 4.99 Å². The van der Waals surface area contributed by atoms with Gasteiger partial charge in [0, 0.05) is 19.2 Å². The zero-order valence-corrected chi connectivity index (χ0v) is 17.6. The van der Waals surface area contributed by atoms with Crippen molar-refractivity contribution < 1.29 is 24.1 Å². The number of hydrogen-bond donors (Lipinski definition) is 3. The van der Waals surface area contributed by atoms with Crippen LogP contribution in [-0.2, 0) is 6.42 Å². The zero-order valence-electron chi connectivity index (χ0n) is 17.6. The van der Waals surface area contributed by atoms with E-state index in [0.29, 0.717) is 29.6 Å². The molecule has 3 N–H and O–H groups in total. The molecule has 162 valence electrons. The molecule has 0 fully saturated rings. The van der Waals surface area contributed by atoms with E-state index < -0.39 is 6.10 Å². The number of nitrogens with one attached hydrogen (secondary N) is 2. The summed E-state index contributed by atoms with van der Waals surface area (Å²) < 4.78 is 21.3. The highest BCUT2D eigenvalue weighted by Gasteiger charge is 2.13. The highest BCUT2D eigenvalue weighted by molar-refractivity contribution is 5.79. The van der Waals surface area contributed by atoms with Gasteiger partial charge in [0.05, 0.1) is 26.9 Å².